The highest BCUT2D eigenvalue weighted by atomic mass is 35.5. The number of hydrogen-bond donors (Lipinski definition) is 1. The number of benzene rings is 1. The summed E-state index contributed by atoms with van der Waals surface area (Å²) in [5.41, 5.74) is 1.00. The van der Waals surface area contributed by atoms with Crippen molar-refractivity contribution in [3.63, 3.8) is 0 Å². The van der Waals surface area contributed by atoms with Crippen LogP contribution in [0.3, 0.4) is 0 Å². The molecule has 2 aromatic heterocycles. The highest BCUT2D eigenvalue weighted by Crippen LogP contribution is 2.33. The fourth-order valence-corrected chi connectivity index (χ4v) is 4.17. The molecule has 4 rings (SSSR count). The van der Waals surface area contributed by atoms with E-state index in [-0.39, 0.29) is 18.1 Å². The lowest BCUT2D eigenvalue weighted by Gasteiger charge is -2.33. The van der Waals surface area contributed by atoms with Crippen molar-refractivity contribution < 1.29 is 14.4 Å². The Hall–Kier alpha value is -2.38. The van der Waals surface area contributed by atoms with Crippen molar-refractivity contribution in [2.45, 2.75) is 25.8 Å². The lowest BCUT2D eigenvalue weighted by atomic mass is 10.0. The third kappa shape index (κ3) is 2.68. The first-order valence-corrected chi connectivity index (χ1v) is 8.88. The van der Waals surface area contributed by atoms with Crippen molar-refractivity contribution >= 4 is 39.4 Å². The molecule has 3 heterocycles. The maximum Gasteiger partial charge on any atom is 0.317 e. The van der Waals surface area contributed by atoms with Gasteiger partial charge < -0.3 is 14.2 Å². The summed E-state index contributed by atoms with van der Waals surface area (Å²) in [5, 5.41) is 14.8. The maximum absolute atomic E-state index is 13.2. The molecule has 0 bridgehead atoms. The van der Waals surface area contributed by atoms with Gasteiger partial charge in [0.1, 0.15) is 16.7 Å². The van der Waals surface area contributed by atoms with Crippen molar-refractivity contribution in [2.24, 2.45) is 0 Å². The van der Waals surface area contributed by atoms with Crippen molar-refractivity contribution in [2.75, 3.05) is 19.6 Å². The smallest absolute Gasteiger partial charge is 0.317 e. The molecule has 0 aliphatic carbocycles. The molecule has 1 aliphatic rings. The van der Waals surface area contributed by atoms with Crippen molar-refractivity contribution in [3.05, 3.63) is 39.3 Å². The maximum atomic E-state index is 13.2. The number of halogens is 1. The van der Waals surface area contributed by atoms with Crippen LogP contribution in [0.1, 0.15) is 24.6 Å². The van der Waals surface area contributed by atoms with Crippen LogP contribution in [-0.2, 0) is 4.79 Å². The van der Waals surface area contributed by atoms with Gasteiger partial charge in [-0.05, 0) is 38.4 Å². The number of likely N-dealkylation sites (tertiary alicyclic amines) is 1. The van der Waals surface area contributed by atoms with Crippen molar-refractivity contribution in [1.29, 1.82) is 0 Å². The van der Waals surface area contributed by atoms with E-state index in [1.54, 1.807) is 23.6 Å². The first-order chi connectivity index (χ1) is 12.5. The van der Waals surface area contributed by atoms with Gasteiger partial charge in [0.2, 0.25) is 0 Å². The Morgan fingerprint density at radius 3 is 3.00 bits per heavy atom. The second-order valence-electron chi connectivity index (χ2n) is 6.70. The summed E-state index contributed by atoms with van der Waals surface area (Å²) in [6.45, 7) is 2.90. The quantitative estimate of drug-likeness (QED) is 0.757. The van der Waals surface area contributed by atoms with Gasteiger partial charge in [-0.3, -0.25) is 14.5 Å². The molecule has 1 atom stereocenters. The Morgan fingerprint density at radius 2 is 2.23 bits per heavy atom. The molecule has 1 aliphatic heterocycles. The van der Waals surface area contributed by atoms with Crippen molar-refractivity contribution in [3.8, 4) is 0 Å². The molecule has 136 valence electrons. The van der Waals surface area contributed by atoms with E-state index in [0.717, 1.165) is 12.8 Å². The van der Waals surface area contributed by atoms with Crippen LogP contribution in [0.5, 0.6) is 0 Å². The summed E-state index contributed by atoms with van der Waals surface area (Å²) in [6, 6.07) is 5.29. The molecule has 0 radical (unpaired) electrons. The van der Waals surface area contributed by atoms with Gasteiger partial charge in [-0.2, -0.15) is 0 Å². The lowest BCUT2D eigenvalue weighted by Crippen LogP contribution is -2.42. The Labute approximate surface area is 153 Å². The summed E-state index contributed by atoms with van der Waals surface area (Å²) in [4.78, 5) is 26.2. The number of pyridine rings is 1. The van der Waals surface area contributed by atoms with Crippen LogP contribution in [0.25, 0.3) is 21.8 Å². The van der Waals surface area contributed by atoms with Gasteiger partial charge in [-0.1, -0.05) is 22.8 Å². The summed E-state index contributed by atoms with van der Waals surface area (Å²) >= 11 is 6.42. The molecule has 1 N–H and O–H groups in total. The number of piperidine rings is 1. The first-order valence-electron chi connectivity index (χ1n) is 8.50. The molecule has 0 saturated carbocycles. The third-order valence-corrected chi connectivity index (χ3v) is 5.30. The number of carbonyl (C=O) groups is 1. The Kier molecular flexibility index (Phi) is 4.20. The summed E-state index contributed by atoms with van der Waals surface area (Å²) < 4.78 is 7.00. The molecule has 1 saturated heterocycles. The Bertz CT molecular complexity index is 1070. The number of fused-ring (bicyclic) bond motifs is 3. The van der Waals surface area contributed by atoms with Gasteiger partial charge in [0.05, 0.1) is 23.1 Å². The summed E-state index contributed by atoms with van der Waals surface area (Å²) in [6.07, 6.45) is 1.63. The van der Waals surface area contributed by atoms with Crippen LogP contribution in [0.4, 0.5) is 0 Å². The average Bonchev–Trinajstić information content (AvgIpc) is 2.97. The summed E-state index contributed by atoms with van der Waals surface area (Å²) in [7, 11) is 0. The number of nitrogens with zero attached hydrogens (tertiary/aromatic N) is 3. The van der Waals surface area contributed by atoms with Gasteiger partial charge >= 0.3 is 5.97 Å². The molecule has 0 amide bonds. The molecular weight excluding hydrogens is 358 g/mol. The van der Waals surface area contributed by atoms with E-state index >= 15 is 0 Å². The molecular formula is C18H18ClN3O4. The molecule has 3 aromatic rings. The van der Waals surface area contributed by atoms with E-state index in [4.69, 9.17) is 21.2 Å². The molecule has 1 aromatic carbocycles. The minimum Gasteiger partial charge on any atom is -0.480 e. The highest BCUT2D eigenvalue weighted by Gasteiger charge is 2.27. The van der Waals surface area contributed by atoms with E-state index < -0.39 is 5.97 Å². The van der Waals surface area contributed by atoms with Gasteiger partial charge in [0, 0.05) is 11.9 Å². The minimum atomic E-state index is -0.865. The van der Waals surface area contributed by atoms with Crippen LogP contribution in [-0.4, -0.2) is 45.3 Å². The normalized spacial score (nSPS) is 18.6. The number of carboxylic acid groups (broad SMARTS) is 1. The van der Waals surface area contributed by atoms with Crippen LogP contribution in [0.15, 0.2) is 27.5 Å². The fourth-order valence-electron chi connectivity index (χ4n) is 3.91. The molecule has 7 nitrogen and oxygen atoms in total. The monoisotopic (exact) mass is 375 g/mol. The number of carboxylic acids is 1. The van der Waals surface area contributed by atoms with E-state index in [0.29, 0.717) is 45.7 Å². The van der Waals surface area contributed by atoms with Crippen LogP contribution in [0.2, 0.25) is 5.02 Å². The van der Waals surface area contributed by atoms with Gasteiger partial charge in [0.15, 0.2) is 0 Å². The van der Waals surface area contributed by atoms with Gasteiger partial charge in [-0.15, -0.1) is 0 Å². The number of aliphatic carboxylic acids is 1. The molecule has 8 heteroatoms. The second-order valence-corrected chi connectivity index (χ2v) is 7.10. The van der Waals surface area contributed by atoms with Gasteiger partial charge in [0.25, 0.3) is 5.56 Å². The number of rotatable bonds is 3. The SMILES string of the molecule is Cc1onc2c1c(=O)n(C1CCCN(CC(=O)O)C1)c1cccc(Cl)c21. The standard InChI is InChI=1S/C18H18ClN3O4/c1-10-15-17(20-26-10)16-12(19)5-2-6-13(16)22(18(15)25)11-4-3-7-21(8-11)9-14(23)24/h2,5-6,11H,3-4,7-9H2,1H3,(H,23,24). The van der Waals surface area contributed by atoms with Crippen LogP contribution in [0, 0.1) is 6.92 Å². The Morgan fingerprint density at radius 1 is 1.42 bits per heavy atom. The second kappa shape index (κ2) is 6.41. The predicted octanol–water partition coefficient (Wildman–Crippen LogP) is 2.83. The zero-order valence-corrected chi connectivity index (χ0v) is 15.0. The molecule has 1 fully saturated rings. The lowest BCUT2D eigenvalue weighted by molar-refractivity contribution is -0.138. The van der Waals surface area contributed by atoms with E-state index in [1.165, 1.54) is 0 Å². The zero-order valence-electron chi connectivity index (χ0n) is 14.2. The Balaban J connectivity index is 1.95. The predicted molar refractivity (Wildman–Crippen MR) is 97.9 cm³/mol. The van der Waals surface area contributed by atoms with Crippen LogP contribution >= 0.6 is 11.6 Å². The molecule has 0 spiro atoms. The molecule has 26 heavy (non-hydrogen) atoms. The van der Waals surface area contributed by atoms with E-state index in [2.05, 4.69) is 5.16 Å². The van der Waals surface area contributed by atoms with E-state index in [9.17, 15) is 9.59 Å². The van der Waals surface area contributed by atoms with E-state index in [1.807, 2.05) is 11.0 Å². The van der Waals surface area contributed by atoms with Crippen molar-refractivity contribution in [1.82, 2.24) is 14.6 Å². The zero-order chi connectivity index (χ0) is 18.4. The average molecular weight is 376 g/mol. The first kappa shape index (κ1) is 17.1. The fraction of sp³-hybridized carbons (Fsp3) is 0.389. The van der Waals surface area contributed by atoms with Crippen LogP contribution < -0.4 is 5.56 Å². The third-order valence-electron chi connectivity index (χ3n) is 4.99. The number of hydrogen-bond acceptors (Lipinski definition) is 5. The number of aromatic nitrogens is 2. The summed E-state index contributed by atoms with van der Waals surface area (Å²) in [5.74, 6) is -0.407. The topological polar surface area (TPSA) is 88.6 Å². The number of aryl methyl sites for hydroxylation is 1. The minimum absolute atomic E-state index is 0.0293. The largest absolute Gasteiger partial charge is 0.480 e. The van der Waals surface area contributed by atoms with Gasteiger partial charge in [-0.25, -0.2) is 0 Å². The molecule has 1 unspecified atom stereocenters. The highest BCUT2D eigenvalue weighted by molar-refractivity contribution is 6.37.